The molecule has 41 heavy (non-hydrogen) atoms. The van der Waals surface area contributed by atoms with Crippen LogP contribution in [0.25, 0.3) is 0 Å². The quantitative estimate of drug-likeness (QED) is 0.229. The molecule has 1 aliphatic rings. The summed E-state index contributed by atoms with van der Waals surface area (Å²) in [6, 6.07) is 17.7. The van der Waals surface area contributed by atoms with Crippen LogP contribution < -0.4 is 4.74 Å². The van der Waals surface area contributed by atoms with Crippen LogP contribution in [0.15, 0.2) is 66.9 Å². The van der Waals surface area contributed by atoms with Gasteiger partial charge in [-0.05, 0) is 74.2 Å². The first-order valence-corrected chi connectivity index (χ1v) is 14.7. The fourth-order valence-electron chi connectivity index (χ4n) is 5.47. The Morgan fingerprint density at radius 3 is 2.54 bits per heavy atom. The van der Waals surface area contributed by atoms with Gasteiger partial charge in [-0.15, -0.1) is 0 Å². The first-order valence-electron chi connectivity index (χ1n) is 14.7. The van der Waals surface area contributed by atoms with Gasteiger partial charge in [-0.1, -0.05) is 37.5 Å². The molecule has 0 saturated heterocycles. The Bertz CT molecular complexity index is 1250. The lowest BCUT2D eigenvalue weighted by molar-refractivity contribution is -0.135. The largest absolute Gasteiger partial charge is 0.497 e. The zero-order valence-corrected chi connectivity index (χ0v) is 24.3. The lowest BCUT2D eigenvalue weighted by Gasteiger charge is -2.36. The van der Waals surface area contributed by atoms with Crippen LogP contribution >= 0.6 is 0 Å². The molecule has 0 atom stereocenters. The van der Waals surface area contributed by atoms with Gasteiger partial charge in [0.05, 0.1) is 13.7 Å². The van der Waals surface area contributed by atoms with Gasteiger partial charge in [0.1, 0.15) is 18.1 Å². The molecule has 0 bridgehead atoms. The van der Waals surface area contributed by atoms with E-state index in [-0.39, 0.29) is 30.2 Å². The van der Waals surface area contributed by atoms with Crippen LogP contribution in [0.3, 0.4) is 0 Å². The molecule has 1 aliphatic carbocycles. The molecule has 1 heterocycles. The summed E-state index contributed by atoms with van der Waals surface area (Å²) < 4.78 is 26.4. The van der Waals surface area contributed by atoms with Crippen LogP contribution in [-0.2, 0) is 22.6 Å². The summed E-state index contributed by atoms with van der Waals surface area (Å²) in [4.78, 5) is 31.3. The van der Waals surface area contributed by atoms with Crippen molar-refractivity contribution in [3.05, 3.63) is 89.5 Å². The average Bonchev–Trinajstić information content (AvgIpc) is 3.44. The van der Waals surface area contributed by atoms with Crippen LogP contribution in [0.2, 0.25) is 0 Å². The highest BCUT2D eigenvalue weighted by Gasteiger charge is 2.29. The summed E-state index contributed by atoms with van der Waals surface area (Å²) >= 11 is 0. The number of hydrogen-bond donors (Lipinski definition) is 0. The van der Waals surface area contributed by atoms with Crippen molar-refractivity contribution < 1.29 is 23.5 Å². The minimum atomic E-state index is -0.259. The molecule has 3 aromatic rings. The van der Waals surface area contributed by atoms with Gasteiger partial charge in [-0.3, -0.25) is 9.59 Å². The van der Waals surface area contributed by atoms with Crippen LogP contribution in [0, 0.1) is 5.82 Å². The van der Waals surface area contributed by atoms with Crippen molar-refractivity contribution in [1.82, 2.24) is 14.4 Å². The van der Waals surface area contributed by atoms with Gasteiger partial charge in [0.25, 0.3) is 5.91 Å². The SMILES string of the molecule is CCOCCCN(CC(=O)N(Cc1cccn1Cc1ccc(F)cc1)C1CCCCC1)C(=O)c1cccc(OC)c1. The Labute approximate surface area is 242 Å². The van der Waals surface area contributed by atoms with Crippen molar-refractivity contribution in [2.45, 2.75) is 64.6 Å². The number of rotatable bonds is 14. The molecule has 0 aliphatic heterocycles. The van der Waals surface area contributed by atoms with E-state index in [1.165, 1.54) is 18.6 Å². The van der Waals surface area contributed by atoms with Gasteiger partial charge in [0, 0.05) is 49.8 Å². The van der Waals surface area contributed by atoms with E-state index < -0.39 is 0 Å². The molecule has 2 amide bonds. The zero-order valence-electron chi connectivity index (χ0n) is 24.3. The standard InChI is InChI=1S/C33H42FN3O4/c1-3-41-21-9-20-36(33(39)27-10-7-14-31(22-27)40-2)25-32(38)37(29-11-5-4-6-12-29)24-30-13-8-19-35(30)23-26-15-17-28(34)18-16-26/h7-8,10,13-19,22,29H,3-6,9,11-12,20-21,23-25H2,1-2H3. The van der Waals surface area contributed by atoms with Gasteiger partial charge in [0.2, 0.25) is 5.91 Å². The third kappa shape index (κ3) is 8.67. The van der Waals surface area contributed by atoms with Crippen molar-refractivity contribution in [3.63, 3.8) is 0 Å². The van der Waals surface area contributed by atoms with E-state index in [0.717, 1.165) is 36.9 Å². The van der Waals surface area contributed by atoms with E-state index in [0.29, 0.717) is 50.6 Å². The van der Waals surface area contributed by atoms with Crippen molar-refractivity contribution in [2.75, 3.05) is 33.4 Å². The van der Waals surface area contributed by atoms with Crippen LogP contribution in [0.1, 0.15) is 67.1 Å². The highest BCUT2D eigenvalue weighted by molar-refractivity contribution is 5.96. The lowest BCUT2D eigenvalue weighted by Crippen LogP contribution is -2.48. The summed E-state index contributed by atoms with van der Waals surface area (Å²) in [7, 11) is 1.57. The first-order chi connectivity index (χ1) is 20.0. The maximum Gasteiger partial charge on any atom is 0.254 e. The third-order valence-corrected chi connectivity index (χ3v) is 7.71. The maximum atomic E-state index is 14.1. The summed E-state index contributed by atoms with van der Waals surface area (Å²) in [6.07, 6.45) is 7.90. The van der Waals surface area contributed by atoms with E-state index in [1.54, 1.807) is 48.4 Å². The Morgan fingerprint density at radius 2 is 1.80 bits per heavy atom. The smallest absolute Gasteiger partial charge is 0.254 e. The molecule has 1 fully saturated rings. The minimum absolute atomic E-state index is 0.00264. The molecule has 7 nitrogen and oxygen atoms in total. The van der Waals surface area contributed by atoms with E-state index >= 15 is 0 Å². The van der Waals surface area contributed by atoms with Gasteiger partial charge in [-0.2, -0.15) is 0 Å². The van der Waals surface area contributed by atoms with Crippen molar-refractivity contribution >= 4 is 11.8 Å². The fourth-order valence-corrected chi connectivity index (χ4v) is 5.47. The number of hydrogen-bond acceptors (Lipinski definition) is 4. The van der Waals surface area contributed by atoms with Crippen LogP contribution in [0.5, 0.6) is 5.75 Å². The van der Waals surface area contributed by atoms with E-state index in [4.69, 9.17) is 9.47 Å². The summed E-state index contributed by atoms with van der Waals surface area (Å²) in [5.74, 6) is 0.0863. The number of nitrogens with zero attached hydrogens (tertiary/aromatic N) is 3. The molecule has 2 aromatic carbocycles. The zero-order chi connectivity index (χ0) is 29.0. The maximum absolute atomic E-state index is 14.1. The van der Waals surface area contributed by atoms with Crippen LogP contribution in [-0.4, -0.2) is 65.6 Å². The molecule has 0 radical (unpaired) electrons. The second-order valence-corrected chi connectivity index (χ2v) is 10.6. The highest BCUT2D eigenvalue weighted by Crippen LogP contribution is 2.25. The number of methoxy groups -OCH3 is 1. The molecular weight excluding hydrogens is 521 g/mol. The predicted octanol–water partition coefficient (Wildman–Crippen LogP) is 5.91. The van der Waals surface area contributed by atoms with E-state index in [1.807, 2.05) is 30.2 Å². The number of aromatic nitrogens is 1. The number of carbonyl (C=O) groups is 2. The Kier molecular flexibility index (Phi) is 11.4. The molecular formula is C33H42FN3O4. The van der Waals surface area contributed by atoms with E-state index in [2.05, 4.69) is 4.57 Å². The van der Waals surface area contributed by atoms with Gasteiger partial charge in [-0.25, -0.2) is 4.39 Å². The normalized spacial score (nSPS) is 13.6. The number of amides is 2. The molecule has 4 rings (SSSR count). The molecule has 0 N–H and O–H groups in total. The summed E-state index contributed by atoms with van der Waals surface area (Å²) in [5.41, 5.74) is 2.49. The molecule has 1 aromatic heterocycles. The van der Waals surface area contributed by atoms with E-state index in [9.17, 15) is 14.0 Å². The Balaban J connectivity index is 1.54. The van der Waals surface area contributed by atoms with Gasteiger partial charge in [0.15, 0.2) is 0 Å². The lowest BCUT2D eigenvalue weighted by atomic mass is 9.94. The molecule has 220 valence electrons. The summed E-state index contributed by atoms with van der Waals surface area (Å²) in [5, 5.41) is 0. The van der Waals surface area contributed by atoms with Crippen LogP contribution in [0.4, 0.5) is 4.39 Å². The predicted molar refractivity (Wildman–Crippen MR) is 157 cm³/mol. The third-order valence-electron chi connectivity index (χ3n) is 7.71. The summed E-state index contributed by atoms with van der Waals surface area (Å²) in [6.45, 7) is 4.53. The number of carbonyl (C=O) groups excluding carboxylic acids is 2. The Morgan fingerprint density at radius 1 is 1.02 bits per heavy atom. The molecule has 0 unspecified atom stereocenters. The molecule has 8 heteroatoms. The number of halogens is 1. The highest BCUT2D eigenvalue weighted by atomic mass is 19.1. The van der Waals surface area contributed by atoms with Gasteiger partial charge >= 0.3 is 0 Å². The first kappa shape index (κ1) is 30.3. The van der Waals surface area contributed by atoms with Crippen molar-refractivity contribution in [3.8, 4) is 5.75 Å². The number of ether oxygens (including phenoxy) is 2. The second-order valence-electron chi connectivity index (χ2n) is 10.6. The number of benzene rings is 2. The Hall–Kier alpha value is -3.65. The van der Waals surface area contributed by atoms with Crippen molar-refractivity contribution in [1.29, 1.82) is 0 Å². The fraction of sp³-hybridized carbons (Fsp3) is 0.455. The van der Waals surface area contributed by atoms with Crippen molar-refractivity contribution in [2.24, 2.45) is 0 Å². The topological polar surface area (TPSA) is 64.0 Å². The average molecular weight is 564 g/mol. The monoisotopic (exact) mass is 563 g/mol. The second kappa shape index (κ2) is 15.4. The molecule has 1 saturated carbocycles. The molecule has 0 spiro atoms. The van der Waals surface area contributed by atoms with Gasteiger partial charge < -0.3 is 23.8 Å². The minimum Gasteiger partial charge on any atom is -0.497 e.